The van der Waals surface area contributed by atoms with Crippen LogP contribution in [-0.4, -0.2) is 17.5 Å². The van der Waals surface area contributed by atoms with E-state index in [2.05, 4.69) is 13.8 Å². The molecule has 2 nitrogen and oxygen atoms in total. The first-order valence-electron chi connectivity index (χ1n) is 10.0. The Bertz CT molecular complexity index is 425. The molecule has 0 amide bonds. The van der Waals surface area contributed by atoms with Crippen LogP contribution in [0.15, 0.2) is 0 Å². The van der Waals surface area contributed by atoms with Gasteiger partial charge < -0.3 is 9.47 Å². The molecule has 2 heteroatoms. The van der Waals surface area contributed by atoms with Gasteiger partial charge in [-0.05, 0) is 87.9 Å². The standard InChI is InChI=1S/C20H32O2/c1-3-19(4-2)12-15-5-6-20(22-18(15)21-19)16-8-13-7-14(10-16)11-17(20)9-13/h13-18H,3-12H2,1-2H3/t13?,14?,15-,16?,17?,18-,20?/m1/s1. The van der Waals surface area contributed by atoms with E-state index in [0.717, 1.165) is 36.5 Å². The Kier molecular flexibility index (Phi) is 3.07. The van der Waals surface area contributed by atoms with Gasteiger partial charge in [-0.3, -0.25) is 0 Å². The fourth-order valence-electron chi connectivity index (χ4n) is 7.30. The molecule has 6 rings (SSSR count). The third-order valence-electron chi connectivity index (χ3n) is 8.44. The lowest BCUT2D eigenvalue weighted by Crippen LogP contribution is -2.62. The first kappa shape index (κ1) is 14.3. The molecule has 22 heavy (non-hydrogen) atoms. The van der Waals surface area contributed by atoms with Crippen LogP contribution in [0.5, 0.6) is 0 Å². The predicted octanol–water partition coefficient (Wildman–Crippen LogP) is 4.91. The van der Waals surface area contributed by atoms with Crippen LogP contribution in [-0.2, 0) is 9.47 Å². The molecule has 0 N–H and O–H groups in total. The lowest BCUT2D eigenvalue weighted by atomic mass is 9.48. The summed E-state index contributed by atoms with van der Waals surface area (Å²) < 4.78 is 13.5. The SMILES string of the molecule is CCC1(CC)C[C@H]2CCC3(O[C@H]2O1)C1CC2CC(C1)CC3C2. The van der Waals surface area contributed by atoms with E-state index >= 15 is 0 Å². The molecule has 0 unspecified atom stereocenters. The zero-order chi connectivity index (χ0) is 14.9. The topological polar surface area (TPSA) is 18.5 Å². The van der Waals surface area contributed by atoms with Crippen LogP contribution in [0, 0.1) is 29.6 Å². The highest BCUT2D eigenvalue weighted by atomic mass is 16.7. The van der Waals surface area contributed by atoms with Gasteiger partial charge in [0, 0.05) is 5.92 Å². The summed E-state index contributed by atoms with van der Waals surface area (Å²) in [5.41, 5.74) is 0.332. The minimum absolute atomic E-state index is 0.117. The lowest BCUT2D eigenvalue weighted by molar-refractivity contribution is -0.313. The van der Waals surface area contributed by atoms with Gasteiger partial charge in [-0.25, -0.2) is 0 Å². The van der Waals surface area contributed by atoms with Gasteiger partial charge in [-0.15, -0.1) is 0 Å². The summed E-state index contributed by atoms with van der Waals surface area (Å²) in [6.45, 7) is 4.58. The van der Waals surface area contributed by atoms with E-state index in [-0.39, 0.29) is 17.5 Å². The van der Waals surface area contributed by atoms with Gasteiger partial charge in [-0.1, -0.05) is 13.8 Å². The monoisotopic (exact) mass is 304 g/mol. The fourth-order valence-corrected chi connectivity index (χ4v) is 7.30. The number of hydrogen-bond acceptors (Lipinski definition) is 2. The number of rotatable bonds is 2. The van der Waals surface area contributed by atoms with Crippen molar-refractivity contribution in [2.45, 2.75) is 95.5 Å². The Morgan fingerprint density at radius 2 is 1.50 bits per heavy atom. The van der Waals surface area contributed by atoms with Crippen molar-refractivity contribution in [3.8, 4) is 0 Å². The highest BCUT2D eigenvalue weighted by Crippen LogP contribution is 2.63. The van der Waals surface area contributed by atoms with Crippen molar-refractivity contribution in [1.82, 2.24) is 0 Å². The molecule has 6 aliphatic rings. The maximum Gasteiger partial charge on any atom is 0.161 e. The average Bonchev–Trinajstić information content (AvgIpc) is 2.90. The molecule has 4 saturated carbocycles. The first-order chi connectivity index (χ1) is 10.7. The van der Waals surface area contributed by atoms with Gasteiger partial charge in [-0.2, -0.15) is 0 Å². The molecule has 2 saturated heterocycles. The van der Waals surface area contributed by atoms with E-state index in [1.54, 1.807) is 0 Å². The second kappa shape index (κ2) is 4.72. The zero-order valence-corrected chi connectivity index (χ0v) is 14.4. The maximum atomic E-state index is 6.91. The molecule has 2 heterocycles. The van der Waals surface area contributed by atoms with Gasteiger partial charge in [0.1, 0.15) is 0 Å². The summed E-state index contributed by atoms with van der Waals surface area (Å²) in [7, 11) is 0. The van der Waals surface area contributed by atoms with Crippen molar-refractivity contribution < 1.29 is 9.47 Å². The minimum atomic E-state index is 0.117. The van der Waals surface area contributed by atoms with Gasteiger partial charge in [0.2, 0.25) is 0 Å². The van der Waals surface area contributed by atoms with Crippen molar-refractivity contribution in [2.24, 2.45) is 29.6 Å². The second-order valence-electron chi connectivity index (χ2n) is 9.26. The van der Waals surface area contributed by atoms with Crippen molar-refractivity contribution >= 4 is 0 Å². The maximum absolute atomic E-state index is 6.91. The van der Waals surface area contributed by atoms with Crippen LogP contribution >= 0.6 is 0 Å². The van der Waals surface area contributed by atoms with Crippen molar-refractivity contribution in [3.05, 3.63) is 0 Å². The molecule has 4 aliphatic carbocycles. The van der Waals surface area contributed by atoms with Crippen LogP contribution in [0.2, 0.25) is 0 Å². The van der Waals surface area contributed by atoms with Gasteiger partial charge >= 0.3 is 0 Å². The Morgan fingerprint density at radius 3 is 2.09 bits per heavy atom. The Hall–Kier alpha value is -0.0800. The molecule has 0 aromatic carbocycles. The minimum Gasteiger partial charge on any atom is -0.346 e. The van der Waals surface area contributed by atoms with Crippen LogP contribution in [0.3, 0.4) is 0 Å². The average molecular weight is 304 g/mol. The van der Waals surface area contributed by atoms with Gasteiger partial charge in [0.25, 0.3) is 0 Å². The third-order valence-corrected chi connectivity index (χ3v) is 8.44. The molecule has 0 aromatic rings. The van der Waals surface area contributed by atoms with Crippen LogP contribution in [0.25, 0.3) is 0 Å². The van der Waals surface area contributed by atoms with Crippen molar-refractivity contribution in [1.29, 1.82) is 0 Å². The Morgan fingerprint density at radius 1 is 0.864 bits per heavy atom. The largest absolute Gasteiger partial charge is 0.346 e. The van der Waals surface area contributed by atoms with Crippen LogP contribution in [0.1, 0.15) is 78.1 Å². The summed E-state index contributed by atoms with van der Waals surface area (Å²) in [5.74, 6) is 4.44. The molecule has 2 atom stereocenters. The predicted molar refractivity (Wildman–Crippen MR) is 86.4 cm³/mol. The summed E-state index contributed by atoms with van der Waals surface area (Å²) in [6.07, 6.45) is 13.7. The van der Waals surface area contributed by atoms with Crippen molar-refractivity contribution in [2.75, 3.05) is 0 Å². The number of fused-ring (bicyclic) bond motifs is 1. The molecular formula is C20H32O2. The van der Waals surface area contributed by atoms with E-state index in [9.17, 15) is 0 Å². The molecule has 4 bridgehead atoms. The fraction of sp³-hybridized carbons (Fsp3) is 1.00. The number of hydrogen-bond donors (Lipinski definition) is 0. The summed E-state index contributed by atoms with van der Waals surface area (Å²) in [5, 5.41) is 0. The molecule has 1 spiro atoms. The second-order valence-corrected chi connectivity index (χ2v) is 9.26. The smallest absolute Gasteiger partial charge is 0.161 e. The Labute approximate surface area is 135 Å². The molecule has 6 fully saturated rings. The summed E-state index contributed by atoms with van der Waals surface area (Å²) >= 11 is 0. The molecular weight excluding hydrogens is 272 g/mol. The quantitative estimate of drug-likeness (QED) is 0.721. The zero-order valence-electron chi connectivity index (χ0n) is 14.4. The van der Waals surface area contributed by atoms with Crippen molar-refractivity contribution in [3.63, 3.8) is 0 Å². The van der Waals surface area contributed by atoms with Crippen LogP contribution < -0.4 is 0 Å². The lowest BCUT2D eigenvalue weighted by Gasteiger charge is -2.63. The van der Waals surface area contributed by atoms with E-state index in [0.29, 0.717) is 5.92 Å². The van der Waals surface area contributed by atoms with Crippen LogP contribution in [0.4, 0.5) is 0 Å². The molecule has 124 valence electrons. The van der Waals surface area contributed by atoms with E-state index in [4.69, 9.17) is 9.47 Å². The highest BCUT2D eigenvalue weighted by Gasteiger charge is 2.62. The molecule has 0 radical (unpaired) electrons. The van der Waals surface area contributed by atoms with E-state index in [1.807, 2.05) is 0 Å². The van der Waals surface area contributed by atoms with Gasteiger partial charge in [0.15, 0.2) is 6.29 Å². The number of ether oxygens (including phenoxy) is 2. The van der Waals surface area contributed by atoms with E-state index in [1.165, 1.54) is 51.4 Å². The first-order valence-corrected chi connectivity index (χ1v) is 10.0. The normalized spacial score (nSPS) is 54.8. The van der Waals surface area contributed by atoms with Gasteiger partial charge in [0.05, 0.1) is 11.2 Å². The highest BCUT2D eigenvalue weighted by molar-refractivity contribution is 5.10. The summed E-state index contributed by atoms with van der Waals surface area (Å²) in [6, 6.07) is 0. The van der Waals surface area contributed by atoms with E-state index < -0.39 is 0 Å². The Balaban J connectivity index is 1.40. The third kappa shape index (κ3) is 1.80. The molecule has 0 aromatic heterocycles. The summed E-state index contributed by atoms with van der Waals surface area (Å²) in [4.78, 5) is 0. The molecule has 2 aliphatic heterocycles.